The van der Waals surface area contributed by atoms with Crippen LogP contribution in [0.3, 0.4) is 0 Å². The molecule has 1 aromatic carbocycles. The standard InChI is InChI=1S/C18H18N4O2/c1-10-4-6-11(7-5-10)22-16-12-9-19-20-13(12)8-18(2,3)14(16)15(21-22)17(23)24/h4-7,9H,8H2,1-3H3,(H,19,20)(H,23,24). The molecule has 0 aliphatic heterocycles. The number of carboxylic acid groups (broad SMARTS) is 1. The molecule has 0 radical (unpaired) electrons. The SMILES string of the molecule is Cc1ccc(-n2nc(C(=O)O)c3c2-c2cn[nH]c2CC3(C)C)cc1. The number of hydrogen-bond donors (Lipinski definition) is 2. The van der Waals surface area contributed by atoms with E-state index in [9.17, 15) is 9.90 Å². The van der Waals surface area contributed by atoms with Crippen molar-refractivity contribution in [2.24, 2.45) is 0 Å². The highest BCUT2D eigenvalue weighted by Gasteiger charge is 2.40. The Labute approximate surface area is 139 Å². The van der Waals surface area contributed by atoms with E-state index >= 15 is 0 Å². The molecule has 122 valence electrons. The highest BCUT2D eigenvalue weighted by Crippen LogP contribution is 2.44. The first-order chi connectivity index (χ1) is 11.4. The van der Waals surface area contributed by atoms with E-state index in [0.29, 0.717) is 6.42 Å². The van der Waals surface area contributed by atoms with E-state index in [0.717, 1.165) is 33.8 Å². The zero-order valence-electron chi connectivity index (χ0n) is 13.8. The number of aromatic nitrogens is 4. The van der Waals surface area contributed by atoms with E-state index in [1.807, 2.05) is 45.0 Å². The number of aromatic amines is 1. The minimum absolute atomic E-state index is 0.113. The smallest absolute Gasteiger partial charge is 0.356 e. The topological polar surface area (TPSA) is 83.8 Å². The largest absolute Gasteiger partial charge is 0.476 e. The van der Waals surface area contributed by atoms with Gasteiger partial charge in [-0.05, 0) is 30.9 Å². The van der Waals surface area contributed by atoms with Crippen LogP contribution in [-0.2, 0) is 11.8 Å². The molecule has 3 aromatic rings. The van der Waals surface area contributed by atoms with Crippen LogP contribution < -0.4 is 0 Å². The Morgan fingerprint density at radius 1 is 1.29 bits per heavy atom. The van der Waals surface area contributed by atoms with Gasteiger partial charge in [0, 0.05) is 16.8 Å². The molecular weight excluding hydrogens is 304 g/mol. The van der Waals surface area contributed by atoms with Gasteiger partial charge in [-0.15, -0.1) is 0 Å². The molecule has 0 saturated heterocycles. The van der Waals surface area contributed by atoms with Crippen molar-refractivity contribution in [3.05, 3.63) is 53.0 Å². The summed E-state index contributed by atoms with van der Waals surface area (Å²) in [5.74, 6) is -1.00. The average Bonchev–Trinajstić information content (AvgIpc) is 3.11. The number of nitrogens with zero attached hydrogens (tertiary/aromatic N) is 3. The van der Waals surface area contributed by atoms with Gasteiger partial charge in [-0.1, -0.05) is 31.5 Å². The van der Waals surface area contributed by atoms with Gasteiger partial charge in [-0.2, -0.15) is 10.2 Å². The maximum atomic E-state index is 11.8. The first-order valence-corrected chi connectivity index (χ1v) is 7.85. The van der Waals surface area contributed by atoms with Crippen molar-refractivity contribution in [3.8, 4) is 16.9 Å². The number of H-pyrrole nitrogens is 1. The molecule has 24 heavy (non-hydrogen) atoms. The van der Waals surface area contributed by atoms with Crippen molar-refractivity contribution in [1.82, 2.24) is 20.0 Å². The van der Waals surface area contributed by atoms with Crippen LogP contribution >= 0.6 is 0 Å². The first kappa shape index (κ1) is 14.7. The van der Waals surface area contributed by atoms with Crippen LogP contribution in [-0.4, -0.2) is 31.1 Å². The van der Waals surface area contributed by atoms with Crippen LogP contribution in [0.15, 0.2) is 30.5 Å². The highest BCUT2D eigenvalue weighted by atomic mass is 16.4. The second-order valence-electron chi connectivity index (χ2n) is 6.95. The van der Waals surface area contributed by atoms with Gasteiger partial charge in [0.15, 0.2) is 5.69 Å². The summed E-state index contributed by atoms with van der Waals surface area (Å²) in [5.41, 5.74) is 5.27. The fourth-order valence-electron chi connectivity index (χ4n) is 3.51. The summed E-state index contributed by atoms with van der Waals surface area (Å²) in [6.07, 6.45) is 2.45. The number of rotatable bonds is 2. The maximum Gasteiger partial charge on any atom is 0.356 e. The second kappa shape index (κ2) is 4.80. The number of aryl methyl sites for hydroxylation is 1. The van der Waals surface area contributed by atoms with E-state index in [2.05, 4.69) is 15.3 Å². The number of fused-ring (bicyclic) bond motifs is 3. The van der Waals surface area contributed by atoms with Crippen molar-refractivity contribution >= 4 is 5.97 Å². The third-order valence-electron chi connectivity index (χ3n) is 4.64. The van der Waals surface area contributed by atoms with Crippen LogP contribution in [0.25, 0.3) is 16.9 Å². The highest BCUT2D eigenvalue weighted by molar-refractivity contribution is 5.91. The summed E-state index contributed by atoms with van der Waals surface area (Å²) in [6.45, 7) is 6.11. The summed E-state index contributed by atoms with van der Waals surface area (Å²) < 4.78 is 1.73. The molecular formula is C18H18N4O2. The Morgan fingerprint density at radius 2 is 2.00 bits per heavy atom. The molecule has 2 aromatic heterocycles. The number of hydrogen-bond acceptors (Lipinski definition) is 3. The number of aromatic carboxylic acids is 1. The molecule has 6 nitrogen and oxygen atoms in total. The molecule has 0 bridgehead atoms. The molecule has 0 saturated carbocycles. The number of carbonyl (C=O) groups is 1. The zero-order valence-corrected chi connectivity index (χ0v) is 13.8. The molecule has 0 fully saturated rings. The number of carboxylic acids is 1. The molecule has 1 aliphatic carbocycles. The molecule has 0 unspecified atom stereocenters. The third kappa shape index (κ3) is 1.99. The van der Waals surface area contributed by atoms with Crippen molar-refractivity contribution in [2.45, 2.75) is 32.6 Å². The van der Waals surface area contributed by atoms with Crippen molar-refractivity contribution < 1.29 is 9.90 Å². The molecule has 2 N–H and O–H groups in total. The number of benzene rings is 1. The first-order valence-electron chi connectivity index (χ1n) is 7.85. The Hall–Kier alpha value is -2.89. The lowest BCUT2D eigenvalue weighted by atomic mass is 9.73. The van der Waals surface area contributed by atoms with Crippen molar-refractivity contribution in [1.29, 1.82) is 0 Å². The molecule has 6 heteroatoms. The van der Waals surface area contributed by atoms with Gasteiger partial charge in [0.25, 0.3) is 0 Å². The van der Waals surface area contributed by atoms with Crippen LogP contribution in [0.4, 0.5) is 0 Å². The molecule has 0 atom stereocenters. The van der Waals surface area contributed by atoms with Crippen LogP contribution in [0.1, 0.15) is 41.2 Å². The van der Waals surface area contributed by atoms with Gasteiger partial charge < -0.3 is 5.11 Å². The minimum atomic E-state index is -1.00. The summed E-state index contributed by atoms with van der Waals surface area (Å²) in [7, 11) is 0. The lowest BCUT2D eigenvalue weighted by Crippen LogP contribution is -2.27. The lowest BCUT2D eigenvalue weighted by Gasteiger charge is -2.30. The second-order valence-corrected chi connectivity index (χ2v) is 6.95. The summed E-state index contributed by atoms with van der Waals surface area (Å²) in [4.78, 5) is 11.8. The third-order valence-corrected chi connectivity index (χ3v) is 4.64. The van der Waals surface area contributed by atoms with Crippen LogP contribution in [0.2, 0.25) is 0 Å². The van der Waals surface area contributed by atoms with Gasteiger partial charge in [-0.3, -0.25) is 5.10 Å². The van der Waals surface area contributed by atoms with E-state index < -0.39 is 5.97 Å². The van der Waals surface area contributed by atoms with E-state index in [4.69, 9.17) is 0 Å². The van der Waals surface area contributed by atoms with Crippen LogP contribution in [0, 0.1) is 6.92 Å². The average molecular weight is 322 g/mol. The number of nitrogens with one attached hydrogen (secondary N) is 1. The monoisotopic (exact) mass is 322 g/mol. The Morgan fingerprint density at radius 3 is 2.67 bits per heavy atom. The lowest BCUT2D eigenvalue weighted by molar-refractivity contribution is 0.0687. The molecule has 4 rings (SSSR count). The van der Waals surface area contributed by atoms with E-state index in [-0.39, 0.29) is 11.1 Å². The Balaban J connectivity index is 2.08. The predicted octanol–water partition coefficient (Wildman–Crippen LogP) is 3.10. The maximum absolute atomic E-state index is 11.8. The zero-order chi connectivity index (χ0) is 17.1. The summed E-state index contributed by atoms with van der Waals surface area (Å²) in [5, 5.41) is 21.3. The van der Waals surface area contributed by atoms with Crippen molar-refractivity contribution in [3.63, 3.8) is 0 Å². The quantitative estimate of drug-likeness (QED) is 0.759. The predicted molar refractivity (Wildman–Crippen MR) is 89.6 cm³/mol. The van der Waals surface area contributed by atoms with Gasteiger partial charge >= 0.3 is 5.97 Å². The van der Waals surface area contributed by atoms with E-state index in [1.165, 1.54) is 0 Å². The minimum Gasteiger partial charge on any atom is -0.476 e. The molecule has 0 amide bonds. The molecule has 0 spiro atoms. The molecule has 2 heterocycles. The fraction of sp³-hybridized carbons (Fsp3) is 0.278. The molecule has 1 aliphatic rings. The van der Waals surface area contributed by atoms with Gasteiger partial charge in [0.05, 0.1) is 17.6 Å². The fourth-order valence-corrected chi connectivity index (χ4v) is 3.51. The van der Waals surface area contributed by atoms with Gasteiger partial charge in [0.1, 0.15) is 0 Å². The van der Waals surface area contributed by atoms with E-state index in [1.54, 1.807) is 10.9 Å². The Bertz CT molecular complexity index is 948. The summed E-state index contributed by atoms with van der Waals surface area (Å²) >= 11 is 0. The Kier molecular flexibility index (Phi) is 2.94. The summed E-state index contributed by atoms with van der Waals surface area (Å²) in [6, 6.07) is 7.90. The van der Waals surface area contributed by atoms with Crippen LogP contribution in [0.5, 0.6) is 0 Å². The van der Waals surface area contributed by atoms with Gasteiger partial charge in [-0.25, -0.2) is 9.48 Å². The van der Waals surface area contributed by atoms with Crippen molar-refractivity contribution in [2.75, 3.05) is 0 Å². The van der Waals surface area contributed by atoms with Gasteiger partial charge in [0.2, 0.25) is 0 Å². The normalized spacial score (nSPS) is 15.0.